The molecule has 1 fully saturated rings. The molecule has 1 atom stereocenters. The van der Waals surface area contributed by atoms with Gasteiger partial charge in [-0.15, -0.1) is 0 Å². The highest BCUT2D eigenvalue weighted by molar-refractivity contribution is 5.90. The van der Waals surface area contributed by atoms with Gasteiger partial charge in [0.25, 0.3) is 11.5 Å². The van der Waals surface area contributed by atoms with Crippen molar-refractivity contribution in [2.45, 2.75) is 51.1 Å². The molecular formula is C23H22F3N5O. The third-order valence-electron chi connectivity index (χ3n) is 6.24. The average Bonchev–Trinajstić information content (AvgIpc) is 3.28. The quantitative estimate of drug-likeness (QED) is 0.475. The molecule has 166 valence electrons. The van der Waals surface area contributed by atoms with E-state index in [4.69, 9.17) is 0 Å². The van der Waals surface area contributed by atoms with Gasteiger partial charge in [0.2, 0.25) is 0 Å². The van der Waals surface area contributed by atoms with Crippen molar-refractivity contribution in [3.05, 3.63) is 70.0 Å². The second kappa shape index (κ2) is 6.82. The number of nitrogens with one attached hydrogen (secondary N) is 1. The topological polar surface area (TPSA) is 64.2 Å². The first kappa shape index (κ1) is 20.5. The molecule has 4 aromatic rings. The maximum absolute atomic E-state index is 14.9. The lowest BCUT2D eigenvalue weighted by Crippen LogP contribution is -2.27. The summed E-state index contributed by atoms with van der Waals surface area (Å²) in [4.78, 5) is 17.4. The van der Waals surface area contributed by atoms with E-state index in [1.54, 1.807) is 34.5 Å². The fraction of sp³-hybridized carbons (Fsp3) is 0.348. The number of nitrogens with zero attached hydrogens (tertiary/aromatic N) is 4. The second-order valence-corrected chi connectivity index (χ2v) is 8.80. The first-order valence-electron chi connectivity index (χ1n) is 10.4. The minimum atomic E-state index is -3.29. The molecule has 1 N–H and O–H groups in total. The zero-order valence-corrected chi connectivity index (χ0v) is 17.9. The fourth-order valence-electron chi connectivity index (χ4n) is 4.08. The molecule has 5 rings (SSSR count). The van der Waals surface area contributed by atoms with Crippen LogP contribution in [-0.4, -0.2) is 19.2 Å². The molecule has 0 amide bonds. The Morgan fingerprint density at radius 1 is 1.25 bits per heavy atom. The Morgan fingerprint density at radius 3 is 2.69 bits per heavy atom. The summed E-state index contributed by atoms with van der Waals surface area (Å²) in [6.45, 7) is 4.37. The van der Waals surface area contributed by atoms with E-state index < -0.39 is 23.3 Å². The number of hydrogen-bond donors (Lipinski definition) is 1. The molecule has 0 bridgehead atoms. The number of aromatic nitrogens is 4. The zero-order valence-electron chi connectivity index (χ0n) is 17.9. The van der Waals surface area contributed by atoms with Crippen LogP contribution in [0.2, 0.25) is 0 Å². The molecule has 1 aliphatic carbocycles. The molecule has 0 unspecified atom stereocenters. The number of pyridine rings is 1. The lowest BCUT2D eigenvalue weighted by atomic mass is 10.0. The molecule has 9 heteroatoms. The maximum Gasteiger partial charge on any atom is 0.273 e. The summed E-state index contributed by atoms with van der Waals surface area (Å²) in [5.74, 6) is -3.82. The summed E-state index contributed by atoms with van der Waals surface area (Å²) in [6.07, 6.45) is 5.13. The number of alkyl halides is 2. The Labute approximate surface area is 181 Å². The number of benzene rings is 1. The van der Waals surface area contributed by atoms with Crippen LogP contribution in [-0.2, 0) is 11.5 Å². The molecule has 1 aliphatic rings. The molecule has 0 radical (unpaired) electrons. The van der Waals surface area contributed by atoms with Crippen molar-refractivity contribution in [2.75, 3.05) is 5.32 Å². The molecule has 6 nitrogen and oxygen atoms in total. The SMILES string of the molecule is C[C@@H](Nc1nc2ccnn2c2cc(=O)n(C3(C)CC3)cc12)c1cccc(C(C)(F)F)c1F. The predicted molar refractivity (Wildman–Crippen MR) is 116 cm³/mol. The summed E-state index contributed by atoms with van der Waals surface area (Å²) in [5, 5.41) is 8.07. The van der Waals surface area contributed by atoms with E-state index >= 15 is 0 Å². The van der Waals surface area contributed by atoms with Gasteiger partial charge >= 0.3 is 0 Å². The normalized spacial score (nSPS) is 16.4. The van der Waals surface area contributed by atoms with Crippen molar-refractivity contribution in [3.8, 4) is 0 Å². The molecule has 0 aliphatic heterocycles. The van der Waals surface area contributed by atoms with Crippen LogP contribution in [0.15, 0.2) is 47.5 Å². The molecule has 1 aromatic carbocycles. The Kier molecular flexibility index (Phi) is 4.38. The Balaban J connectivity index is 1.65. The number of halogens is 3. The molecule has 32 heavy (non-hydrogen) atoms. The van der Waals surface area contributed by atoms with E-state index in [-0.39, 0.29) is 16.7 Å². The smallest absolute Gasteiger partial charge is 0.273 e. The van der Waals surface area contributed by atoms with Crippen molar-refractivity contribution in [3.63, 3.8) is 0 Å². The molecule has 3 aromatic heterocycles. The van der Waals surface area contributed by atoms with Gasteiger partial charge in [-0.1, -0.05) is 18.2 Å². The largest absolute Gasteiger partial charge is 0.363 e. The average molecular weight is 441 g/mol. The monoisotopic (exact) mass is 441 g/mol. The van der Waals surface area contributed by atoms with Gasteiger partial charge < -0.3 is 9.88 Å². The molecule has 0 saturated heterocycles. The summed E-state index contributed by atoms with van der Waals surface area (Å²) >= 11 is 0. The van der Waals surface area contributed by atoms with Gasteiger partial charge in [-0.2, -0.15) is 5.10 Å². The van der Waals surface area contributed by atoms with Gasteiger partial charge in [0.1, 0.15) is 11.6 Å². The lowest BCUT2D eigenvalue weighted by Gasteiger charge is -2.21. The van der Waals surface area contributed by atoms with E-state index in [1.807, 2.05) is 6.92 Å². The minimum Gasteiger partial charge on any atom is -0.363 e. The number of hydrogen-bond acceptors (Lipinski definition) is 4. The molecule has 3 heterocycles. The van der Waals surface area contributed by atoms with Crippen molar-refractivity contribution >= 4 is 22.4 Å². The van der Waals surface area contributed by atoms with Gasteiger partial charge in [-0.25, -0.2) is 22.7 Å². The standard InChI is InChI=1S/C23H22F3N5O/c1-13(14-5-4-6-16(20(14)24)23(3,25)26)28-21-15-12-30(22(2)8-9-22)19(32)11-17(15)31-18(29-21)7-10-27-31/h4-7,10-13H,8-9H2,1-3H3,(H,28,29)/t13-/m1/s1. The first-order chi connectivity index (χ1) is 15.1. The van der Waals surface area contributed by atoms with E-state index in [9.17, 15) is 18.0 Å². The predicted octanol–water partition coefficient (Wildman–Crippen LogP) is 4.98. The highest BCUT2D eigenvalue weighted by Gasteiger charge is 2.40. The maximum atomic E-state index is 14.9. The van der Waals surface area contributed by atoms with Gasteiger partial charge in [-0.05, 0) is 26.7 Å². The van der Waals surface area contributed by atoms with E-state index in [2.05, 4.69) is 15.4 Å². The Hall–Kier alpha value is -3.36. The van der Waals surface area contributed by atoms with Gasteiger partial charge in [0.05, 0.1) is 28.7 Å². The van der Waals surface area contributed by atoms with Crippen LogP contribution in [0, 0.1) is 5.82 Å². The van der Waals surface area contributed by atoms with Crippen molar-refractivity contribution in [1.82, 2.24) is 19.2 Å². The Bertz CT molecular complexity index is 1420. The molecule has 1 saturated carbocycles. The summed E-state index contributed by atoms with van der Waals surface area (Å²) < 4.78 is 45.8. The van der Waals surface area contributed by atoms with Crippen molar-refractivity contribution < 1.29 is 13.2 Å². The second-order valence-electron chi connectivity index (χ2n) is 8.80. The highest BCUT2D eigenvalue weighted by Crippen LogP contribution is 2.42. The number of fused-ring (bicyclic) bond motifs is 3. The Morgan fingerprint density at radius 2 is 2.00 bits per heavy atom. The fourth-order valence-corrected chi connectivity index (χ4v) is 4.08. The molecular weight excluding hydrogens is 419 g/mol. The first-order valence-corrected chi connectivity index (χ1v) is 10.4. The summed E-state index contributed by atoms with van der Waals surface area (Å²) in [6, 6.07) is 6.54. The summed E-state index contributed by atoms with van der Waals surface area (Å²) in [5.41, 5.74) is 0.160. The number of rotatable bonds is 5. The third-order valence-corrected chi connectivity index (χ3v) is 6.24. The van der Waals surface area contributed by atoms with Gasteiger partial charge in [0.15, 0.2) is 5.65 Å². The van der Waals surface area contributed by atoms with E-state index in [1.165, 1.54) is 18.2 Å². The van der Waals surface area contributed by atoms with Crippen LogP contribution in [0.3, 0.4) is 0 Å². The van der Waals surface area contributed by atoms with Crippen LogP contribution in [0.25, 0.3) is 16.6 Å². The lowest BCUT2D eigenvalue weighted by molar-refractivity contribution is 0.0136. The highest BCUT2D eigenvalue weighted by atomic mass is 19.3. The van der Waals surface area contributed by atoms with Crippen molar-refractivity contribution in [1.29, 1.82) is 0 Å². The van der Waals surface area contributed by atoms with Crippen molar-refractivity contribution in [2.24, 2.45) is 0 Å². The van der Waals surface area contributed by atoms with Gasteiger partial charge in [0, 0.05) is 36.4 Å². The third kappa shape index (κ3) is 3.23. The zero-order chi connectivity index (χ0) is 22.8. The van der Waals surface area contributed by atoms with Crippen LogP contribution < -0.4 is 10.9 Å². The van der Waals surface area contributed by atoms with Gasteiger partial charge in [-0.3, -0.25) is 4.79 Å². The minimum absolute atomic E-state index is 0.106. The van der Waals surface area contributed by atoms with E-state index in [0.29, 0.717) is 29.3 Å². The van der Waals surface area contributed by atoms with Crippen LogP contribution in [0.4, 0.5) is 19.0 Å². The van der Waals surface area contributed by atoms with Crippen LogP contribution in [0.1, 0.15) is 50.8 Å². The number of anilines is 1. The summed E-state index contributed by atoms with van der Waals surface area (Å²) in [7, 11) is 0. The van der Waals surface area contributed by atoms with E-state index in [0.717, 1.165) is 18.9 Å². The molecule has 0 spiro atoms. The van der Waals surface area contributed by atoms with Crippen LogP contribution >= 0.6 is 0 Å². The van der Waals surface area contributed by atoms with Crippen LogP contribution in [0.5, 0.6) is 0 Å².